The summed E-state index contributed by atoms with van der Waals surface area (Å²) in [5.41, 5.74) is 2.34. The first-order valence-electron chi connectivity index (χ1n) is 9.40. The molecule has 26 heavy (non-hydrogen) atoms. The standard InChI is InChI=1S/C20H26N2O4/c1-22-17-10-8-14(12-13(17)9-11-18(22)23)19(24)21-16-7-5-3-2-4-6-15(16)20(25)26/h8,10,12,15-16H,2-7,9,11H2,1H3,(H,21,24)(H,25,26). The molecule has 1 fully saturated rings. The number of aryl methyl sites for hydroxylation is 1. The van der Waals surface area contributed by atoms with Gasteiger partial charge in [0.1, 0.15) is 0 Å². The zero-order chi connectivity index (χ0) is 18.7. The number of fused-ring (bicyclic) bond motifs is 1. The van der Waals surface area contributed by atoms with E-state index < -0.39 is 11.9 Å². The van der Waals surface area contributed by atoms with E-state index in [1.165, 1.54) is 0 Å². The van der Waals surface area contributed by atoms with Gasteiger partial charge in [0.2, 0.25) is 5.91 Å². The fourth-order valence-electron chi connectivity index (χ4n) is 4.00. The van der Waals surface area contributed by atoms with Crippen LogP contribution in [0.2, 0.25) is 0 Å². The number of hydrogen-bond acceptors (Lipinski definition) is 3. The normalized spacial score (nSPS) is 23.6. The van der Waals surface area contributed by atoms with Crippen LogP contribution in [0.15, 0.2) is 18.2 Å². The van der Waals surface area contributed by atoms with Gasteiger partial charge in [0, 0.05) is 30.8 Å². The highest BCUT2D eigenvalue weighted by Gasteiger charge is 2.30. The van der Waals surface area contributed by atoms with Crippen molar-refractivity contribution in [3.8, 4) is 0 Å². The summed E-state index contributed by atoms with van der Waals surface area (Å²) in [6.45, 7) is 0. The Labute approximate surface area is 153 Å². The molecular formula is C20H26N2O4. The summed E-state index contributed by atoms with van der Waals surface area (Å²) >= 11 is 0. The van der Waals surface area contributed by atoms with Crippen LogP contribution in [0.5, 0.6) is 0 Å². The molecule has 2 unspecified atom stereocenters. The minimum Gasteiger partial charge on any atom is -0.481 e. The number of carbonyl (C=O) groups excluding carboxylic acids is 2. The molecule has 1 aromatic carbocycles. The summed E-state index contributed by atoms with van der Waals surface area (Å²) in [4.78, 5) is 37.8. The van der Waals surface area contributed by atoms with Crippen molar-refractivity contribution >= 4 is 23.5 Å². The smallest absolute Gasteiger partial charge is 0.308 e. The summed E-state index contributed by atoms with van der Waals surface area (Å²) in [6.07, 6.45) is 6.34. The number of rotatable bonds is 3. The number of carboxylic acid groups (broad SMARTS) is 1. The van der Waals surface area contributed by atoms with E-state index in [1.807, 2.05) is 6.07 Å². The molecule has 2 N–H and O–H groups in total. The zero-order valence-corrected chi connectivity index (χ0v) is 15.2. The molecule has 1 aliphatic heterocycles. The minimum absolute atomic E-state index is 0.0773. The van der Waals surface area contributed by atoms with Crippen molar-refractivity contribution in [2.24, 2.45) is 5.92 Å². The van der Waals surface area contributed by atoms with Crippen molar-refractivity contribution in [3.63, 3.8) is 0 Å². The molecule has 1 saturated carbocycles. The maximum atomic E-state index is 12.7. The van der Waals surface area contributed by atoms with Crippen LogP contribution in [0.25, 0.3) is 0 Å². The Morgan fingerprint density at radius 2 is 1.85 bits per heavy atom. The summed E-state index contributed by atoms with van der Waals surface area (Å²) in [7, 11) is 1.74. The van der Waals surface area contributed by atoms with Crippen LogP contribution in [0, 0.1) is 5.92 Å². The third kappa shape index (κ3) is 3.89. The third-order valence-corrected chi connectivity index (χ3v) is 5.58. The molecule has 1 aliphatic carbocycles. The van der Waals surface area contributed by atoms with E-state index in [1.54, 1.807) is 24.1 Å². The highest BCUT2D eigenvalue weighted by Crippen LogP contribution is 2.28. The van der Waals surface area contributed by atoms with E-state index in [0.717, 1.165) is 36.9 Å². The van der Waals surface area contributed by atoms with Gasteiger partial charge in [0.05, 0.1) is 5.92 Å². The second kappa shape index (κ2) is 7.89. The molecule has 6 nitrogen and oxygen atoms in total. The van der Waals surface area contributed by atoms with E-state index in [2.05, 4.69) is 5.32 Å². The molecule has 0 saturated heterocycles. The zero-order valence-electron chi connectivity index (χ0n) is 15.2. The maximum absolute atomic E-state index is 12.7. The molecule has 1 heterocycles. The highest BCUT2D eigenvalue weighted by atomic mass is 16.4. The van der Waals surface area contributed by atoms with Crippen LogP contribution in [0.1, 0.15) is 60.9 Å². The molecule has 140 valence electrons. The third-order valence-electron chi connectivity index (χ3n) is 5.58. The molecule has 2 amide bonds. The van der Waals surface area contributed by atoms with E-state index in [-0.39, 0.29) is 17.9 Å². The van der Waals surface area contributed by atoms with Gasteiger partial charge in [0.15, 0.2) is 0 Å². The second-order valence-corrected chi connectivity index (χ2v) is 7.31. The van der Waals surface area contributed by atoms with Gasteiger partial charge in [-0.1, -0.05) is 25.7 Å². The maximum Gasteiger partial charge on any atom is 0.308 e. The van der Waals surface area contributed by atoms with Crippen LogP contribution < -0.4 is 10.2 Å². The lowest BCUT2D eigenvalue weighted by atomic mass is 9.86. The number of anilines is 1. The summed E-state index contributed by atoms with van der Waals surface area (Å²) in [5.74, 6) is -1.51. The first-order valence-corrected chi connectivity index (χ1v) is 9.40. The van der Waals surface area contributed by atoms with Gasteiger partial charge in [-0.2, -0.15) is 0 Å². The number of carboxylic acids is 1. The van der Waals surface area contributed by atoms with Crippen molar-refractivity contribution in [1.29, 1.82) is 0 Å². The number of carbonyl (C=O) groups is 3. The molecule has 3 rings (SSSR count). The average Bonchev–Trinajstić information content (AvgIpc) is 2.60. The van der Waals surface area contributed by atoms with Crippen molar-refractivity contribution in [2.45, 2.75) is 57.4 Å². The van der Waals surface area contributed by atoms with Crippen LogP contribution >= 0.6 is 0 Å². The van der Waals surface area contributed by atoms with Crippen molar-refractivity contribution < 1.29 is 19.5 Å². The van der Waals surface area contributed by atoms with Crippen LogP contribution in [0.3, 0.4) is 0 Å². The molecule has 2 atom stereocenters. The number of nitrogens with one attached hydrogen (secondary N) is 1. The lowest BCUT2D eigenvalue weighted by Gasteiger charge is -2.28. The Bertz CT molecular complexity index is 716. The molecule has 6 heteroatoms. The van der Waals surface area contributed by atoms with Crippen molar-refractivity contribution in [1.82, 2.24) is 5.32 Å². The first-order chi connectivity index (χ1) is 12.5. The lowest BCUT2D eigenvalue weighted by molar-refractivity contribution is -0.143. The molecule has 0 aromatic heterocycles. The first kappa shape index (κ1) is 18.4. The molecular weight excluding hydrogens is 332 g/mol. The highest BCUT2D eigenvalue weighted by molar-refractivity contribution is 5.99. The van der Waals surface area contributed by atoms with Crippen LogP contribution in [0.4, 0.5) is 5.69 Å². The van der Waals surface area contributed by atoms with Gasteiger partial charge in [-0.3, -0.25) is 14.4 Å². The molecule has 1 aromatic rings. The van der Waals surface area contributed by atoms with E-state index in [4.69, 9.17) is 0 Å². The fraction of sp³-hybridized carbons (Fsp3) is 0.550. The Balaban J connectivity index is 1.76. The van der Waals surface area contributed by atoms with Gasteiger partial charge >= 0.3 is 5.97 Å². The van der Waals surface area contributed by atoms with Crippen molar-refractivity contribution in [2.75, 3.05) is 11.9 Å². The predicted molar refractivity (Wildman–Crippen MR) is 98.3 cm³/mol. The number of nitrogens with zero attached hydrogens (tertiary/aromatic N) is 1. The van der Waals surface area contributed by atoms with E-state index in [9.17, 15) is 19.5 Å². The summed E-state index contributed by atoms with van der Waals surface area (Å²) in [5, 5.41) is 12.5. The largest absolute Gasteiger partial charge is 0.481 e. The Kier molecular flexibility index (Phi) is 5.59. The monoisotopic (exact) mass is 358 g/mol. The van der Waals surface area contributed by atoms with Gasteiger partial charge < -0.3 is 15.3 Å². The Hall–Kier alpha value is -2.37. The molecule has 0 radical (unpaired) electrons. The van der Waals surface area contributed by atoms with E-state index in [0.29, 0.717) is 31.2 Å². The fourth-order valence-corrected chi connectivity index (χ4v) is 4.00. The number of aliphatic carboxylic acids is 1. The molecule has 0 bridgehead atoms. The Morgan fingerprint density at radius 3 is 2.58 bits per heavy atom. The Morgan fingerprint density at radius 1 is 1.12 bits per heavy atom. The topological polar surface area (TPSA) is 86.7 Å². The van der Waals surface area contributed by atoms with Gasteiger partial charge in [-0.15, -0.1) is 0 Å². The van der Waals surface area contributed by atoms with Crippen molar-refractivity contribution in [3.05, 3.63) is 29.3 Å². The van der Waals surface area contributed by atoms with E-state index >= 15 is 0 Å². The van der Waals surface area contributed by atoms with Crippen LogP contribution in [-0.4, -0.2) is 36.0 Å². The molecule has 2 aliphatic rings. The number of amides is 2. The average molecular weight is 358 g/mol. The number of hydrogen-bond donors (Lipinski definition) is 2. The van der Waals surface area contributed by atoms with Gasteiger partial charge in [-0.05, 0) is 43.0 Å². The SMILES string of the molecule is CN1C(=O)CCc2cc(C(=O)NC3CCCCCCC3C(=O)O)ccc21. The minimum atomic E-state index is -0.831. The summed E-state index contributed by atoms with van der Waals surface area (Å²) in [6, 6.07) is 5.00. The summed E-state index contributed by atoms with van der Waals surface area (Å²) < 4.78 is 0. The number of benzene rings is 1. The molecule has 0 spiro atoms. The predicted octanol–water partition coefficient (Wildman–Crippen LogP) is 2.75. The second-order valence-electron chi connectivity index (χ2n) is 7.31. The quantitative estimate of drug-likeness (QED) is 0.870. The lowest BCUT2D eigenvalue weighted by Crippen LogP contribution is -2.44. The van der Waals surface area contributed by atoms with Gasteiger partial charge in [0.25, 0.3) is 5.91 Å². The van der Waals surface area contributed by atoms with Gasteiger partial charge in [-0.25, -0.2) is 0 Å². The van der Waals surface area contributed by atoms with Crippen LogP contribution in [-0.2, 0) is 16.0 Å².